The molecule has 0 radical (unpaired) electrons. The molecule has 0 spiro atoms. The Bertz CT molecular complexity index is 149. The maximum absolute atomic E-state index is 11.0. The monoisotopic (exact) mass is 188 g/mol. The van der Waals surface area contributed by atoms with Crippen molar-refractivity contribution in [3.63, 3.8) is 0 Å². The van der Waals surface area contributed by atoms with Gasteiger partial charge in [-0.25, -0.2) is 4.79 Å². The van der Waals surface area contributed by atoms with Crippen LogP contribution in [0.1, 0.15) is 27.2 Å². The van der Waals surface area contributed by atoms with Gasteiger partial charge in [-0.05, 0) is 12.3 Å². The highest BCUT2D eigenvalue weighted by Gasteiger charge is 2.05. The zero-order valence-corrected chi connectivity index (χ0v) is 8.67. The lowest BCUT2D eigenvalue weighted by Crippen LogP contribution is -2.37. The van der Waals surface area contributed by atoms with Gasteiger partial charge in [0.15, 0.2) is 0 Å². The SMILES string of the molecule is CCC(N)CNC(=O)OCC(C)C. The van der Waals surface area contributed by atoms with Gasteiger partial charge in [-0.15, -0.1) is 0 Å². The van der Waals surface area contributed by atoms with Crippen molar-refractivity contribution in [2.24, 2.45) is 11.7 Å². The van der Waals surface area contributed by atoms with Crippen molar-refractivity contribution in [2.45, 2.75) is 33.2 Å². The van der Waals surface area contributed by atoms with Crippen LogP contribution in [0.25, 0.3) is 0 Å². The minimum absolute atomic E-state index is 0.0200. The molecule has 0 bridgehead atoms. The summed E-state index contributed by atoms with van der Waals surface area (Å²) in [4.78, 5) is 11.0. The van der Waals surface area contributed by atoms with Gasteiger partial charge in [0.25, 0.3) is 0 Å². The molecule has 0 fully saturated rings. The minimum atomic E-state index is -0.377. The number of ether oxygens (including phenoxy) is 1. The predicted molar refractivity (Wildman–Crippen MR) is 52.5 cm³/mol. The average molecular weight is 188 g/mol. The summed E-state index contributed by atoms with van der Waals surface area (Å²) in [6.07, 6.45) is 0.474. The highest BCUT2D eigenvalue weighted by Crippen LogP contribution is 1.92. The first-order valence-corrected chi connectivity index (χ1v) is 4.72. The molecule has 1 unspecified atom stereocenters. The second-order valence-corrected chi connectivity index (χ2v) is 3.54. The van der Waals surface area contributed by atoms with E-state index in [0.717, 1.165) is 6.42 Å². The molecule has 0 aromatic rings. The molecule has 1 amide bonds. The van der Waals surface area contributed by atoms with Crippen LogP contribution in [-0.4, -0.2) is 25.3 Å². The van der Waals surface area contributed by atoms with Crippen molar-refractivity contribution >= 4 is 6.09 Å². The highest BCUT2D eigenvalue weighted by molar-refractivity contribution is 5.67. The fourth-order valence-corrected chi connectivity index (χ4v) is 0.652. The van der Waals surface area contributed by atoms with Crippen LogP contribution in [0.3, 0.4) is 0 Å². The number of nitrogens with two attached hydrogens (primary N) is 1. The number of carbonyl (C=O) groups is 1. The Labute approximate surface area is 79.8 Å². The molecule has 0 saturated carbocycles. The van der Waals surface area contributed by atoms with Gasteiger partial charge in [0.2, 0.25) is 0 Å². The van der Waals surface area contributed by atoms with E-state index in [2.05, 4.69) is 5.32 Å². The number of carbonyl (C=O) groups excluding carboxylic acids is 1. The van der Waals surface area contributed by atoms with Crippen LogP contribution in [0.2, 0.25) is 0 Å². The first-order chi connectivity index (χ1) is 6.06. The Kier molecular flexibility index (Phi) is 6.32. The number of alkyl carbamates (subject to hydrolysis) is 1. The Balaban J connectivity index is 3.40. The van der Waals surface area contributed by atoms with E-state index in [4.69, 9.17) is 10.5 Å². The number of nitrogens with one attached hydrogen (secondary N) is 1. The smallest absolute Gasteiger partial charge is 0.407 e. The standard InChI is InChI=1S/C9H20N2O2/c1-4-8(10)5-11-9(12)13-6-7(2)3/h7-8H,4-6,10H2,1-3H3,(H,11,12). The third-order valence-corrected chi connectivity index (χ3v) is 1.58. The molecule has 0 aliphatic carbocycles. The predicted octanol–water partition coefficient (Wildman–Crippen LogP) is 1.11. The number of rotatable bonds is 5. The van der Waals surface area contributed by atoms with Crippen molar-refractivity contribution in [3.8, 4) is 0 Å². The van der Waals surface area contributed by atoms with Gasteiger partial charge in [0, 0.05) is 12.6 Å². The number of hydrogen-bond donors (Lipinski definition) is 2. The molecule has 78 valence electrons. The first-order valence-electron chi connectivity index (χ1n) is 4.72. The summed E-state index contributed by atoms with van der Waals surface area (Å²) in [7, 11) is 0. The molecule has 4 heteroatoms. The van der Waals surface area contributed by atoms with E-state index in [9.17, 15) is 4.79 Å². The van der Waals surface area contributed by atoms with E-state index >= 15 is 0 Å². The van der Waals surface area contributed by atoms with Crippen molar-refractivity contribution in [3.05, 3.63) is 0 Å². The molecule has 0 aliphatic heterocycles. The number of amides is 1. The summed E-state index contributed by atoms with van der Waals surface area (Å²) in [5.41, 5.74) is 5.61. The van der Waals surface area contributed by atoms with E-state index in [1.54, 1.807) is 0 Å². The van der Waals surface area contributed by atoms with Gasteiger partial charge in [0.1, 0.15) is 0 Å². The van der Waals surface area contributed by atoms with Gasteiger partial charge in [0.05, 0.1) is 6.61 Å². The van der Waals surface area contributed by atoms with Crippen molar-refractivity contribution in [1.82, 2.24) is 5.32 Å². The van der Waals surface area contributed by atoms with E-state index in [-0.39, 0.29) is 12.1 Å². The summed E-state index contributed by atoms with van der Waals surface area (Å²) in [6.45, 7) is 6.89. The van der Waals surface area contributed by atoms with Crippen LogP contribution in [0.15, 0.2) is 0 Å². The molecule has 13 heavy (non-hydrogen) atoms. The molecular weight excluding hydrogens is 168 g/mol. The molecular formula is C9H20N2O2. The molecule has 4 nitrogen and oxygen atoms in total. The molecule has 0 heterocycles. The van der Waals surface area contributed by atoms with Gasteiger partial charge in [-0.1, -0.05) is 20.8 Å². The fraction of sp³-hybridized carbons (Fsp3) is 0.889. The zero-order chi connectivity index (χ0) is 10.3. The van der Waals surface area contributed by atoms with Crippen molar-refractivity contribution in [2.75, 3.05) is 13.2 Å². The molecule has 0 aromatic heterocycles. The van der Waals surface area contributed by atoms with E-state index in [1.807, 2.05) is 20.8 Å². The maximum Gasteiger partial charge on any atom is 0.407 e. The summed E-state index contributed by atoms with van der Waals surface area (Å²) in [6, 6.07) is 0.0200. The Hall–Kier alpha value is -0.770. The summed E-state index contributed by atoms with van der Waals surface area (Å²) in [5, 5.41) is 2.60. The van der Waals surface area contributed by atoms with Crippen LogP contribution in [0, 0.1) is 5.92 Å². The second kappa shape index (κ2) is 6.71. The lowest BCUT2D eigenvalue weighted by Gasteiger charge is -2.11. The Morgan fingerprint density at radius 1 is 1.54 bits per heavy atom. The zero-order valence-electron chi connectivity index (χ0n) is 8.67. The van der Waals surface area contributed by atoms with Gasteiger partial charge < -0.3 is 15.8 Å². The summed E-state index contributed by atoms with van der Waals surface area (Å²) < 4.78 is 4.89. The number of hydrogen-bond acceptors (Lipinski definition) is 3. The van der Waals surface area contributed by atoms with E-state index in [0.29, 0.717) is 19.1 Å². The van der Waals surface area contributed by atoms with Gasteiger partial charge in [-0.2, -0.15) is 0 Å². The van der Waals surface area contributed by atoms with Crippen LogP contribution >= 0.6 is 0 Å². The fourth-order valence-electron chi connectivity index (χ4n) is 0.652. The minimum Gasteiger partial charge on any atom is -0.449 e. The molecule has 3 N–H and O–H groups in total. The lowest BCUT2D eigenvalue weighted by atomic mass is 10.2. The Morgan fingerprint density at radius 2 is 2.15 bits per heavy atom. The lowest BCUT2D eigenvalue weighted by molar-refractivity contribution is 0.132. The third-order valence-electron chi connectivity index (χ3n) is 1.58. The van der Waals surface area contributed by atoms with Crippen molar-refractivity contribution < 1.29 is 9.53 Å². The topological polar surface area (TPSA) is 64.3 Å². The van der Waals surface area contributed by atoms with E-state index in [1.165, 1.54) is 0 Å². The van der Waals surface area contributed by atoms with E-state index < -0.39 is 0 Å². The molecule has 1 atom stereocenters. The molecule has 0 aromatic carbocycles. The van der Waals surface area contributed by atoms with Crippen LogP contribution in [0.4, 0.5) is 4.79 Å². The summed E-state index contributed by atoms with van der Waals surface area (Å²) >= 11 is 0. The molecule has 0 saturated heterocycles. The Morgan fingerprint density at radius 3 is 2.62 bits per heavy atom. The molecule has 0 rings (SSSR count). The van der Waals surface area contributed by atoms with Crippen molar-refractivity contribution in [1.29, 1.82) is 0 Å². The second-order valence-electron chi connectivity index (χ2n) is 3.54. The quantitative estimate of drug-likeness (QED) is 0.679. The summed E-state index contributed by atoms with van der Waals surface area (Å²) in [5.74, 6) is 0.366. The van der Waals surface area contributed by atoms with Gasteiger partial charge >= 0.3 is 6.09 Å². The largest absolute Gasteiger partial charge is 0.449 e. The average Bonchev–Trinajstić information content (AvgIpc) is 2.10. The normalized spacial score (nSPS) is 12.7. The first kappa shape index (κ1) is 12.2. The van der Waals surface area contributed by atoms with Crippen LogP contribution < -0.4 is 11.1 Å². The van der Waals surface area contributed by atoms with Crippen LogP contribution in [-0.2, 0) is 4.74 Å². The third kappa shape index (κ3) is 7.59. The maximum atomic E-state index is 11.0. The highest BCUT2D eigenvalue weighted by atomic mass is 16.5. The molecule has 0 aliphatic rings. The van der Waals surface area contributed by atoms with Gasteiger partial charge in [-0.3, -0.25) is 0 Å². The van der Waals surface area contributed by atoms with Crippen LogP contribution in [0.5, 0.6) is 0 Å².